The van der Waals surface area contributed by atoms with Crippen LogP contribution in [0.5, 0.6) is 0 Å². The maximum absolute atomic E-state index is 9.43. The summed E-state index contributed by atoms with van der Waals surface area (Å²) in [5.41, 5.74) is 8.73. The number of hydrogen-bond acceptors (Lipinski definition) is 5. The molecule has 0 radical (unpaired) electrons. The Bertz CT molecular complexity index is 2370. The molecule has 0 unspecified atom stereocenters. The summed E-state index contributed by atoms with van der Waals surface area (Å²) in [6.45, 7) is 0. The van der Waals surface area contributed by atoms with E-state index in [1.165, 1.54) is 0 Å². The number of anilines is 2. The van der Waals surface area contributed by atoms with E-state index in [1.807, 2.05) is 127 Å². The number of fused-ring (bicyclic) bond motifs is 1. The van der Waals surface area contributed by atoms with Gasteiger partial charge in [0.05, 0.1) is 5.71 Å². The van der Waals surface area contributed by atoms with E-state index in [9.17, 15) is 5.41 Å². The Morgan fingerprint density at radius 2 is 0.878 bits per heavy atom. The van der Waals surface area contributed by atoms with Crippen LogP contribution < -0.4 is 5.32 Å². The first-order chi connectivity index (χ1) is 24.2. The molecule has 0 atom stereocenters. The molecule has 0 saturated carbocycles. The number of para-hydroxylation sites is 1. The second-order valence-corrected chi connectivity index (χ2v) is 11.8. The van der Waals surface area contributed by atoms with E-state index in [4.69, 9.17) is 15.0 Å². The zero-order valence-electron chi connectivity index (χ0n) is 26.6. The van der Waals surface area contributed by atoms with Crippen LogP contribution in [0.25, 0.3) is 56.1 Å². The molecule has 49 heavy (non-hydrogen) atoms. The molecule has 0 fully saturated rings. The normalized spacial score (nSPS) is 10.9. The molecule has 2 N–H and O–H groups in total. The quantitative estimate of drug-likeness (QED) is 0.164. The van der Waals surface area contributed by atoms with Gasteiger partial charge in [-0.2, -0.15) is 0 Å². The summed E-state index contributed by atoms with van der Waals surface area (Å²) in [5, 5.41) is 15.2. The number of nitrogens with one attached hydrogen (secondary N) is 2. The zero-order valence-corrected chi connectivity index (χ0v) is 26.6. The molecule has 7 aromatic carbocycles. The van der Waals surface area contributed by atoms with E-state index >= 15 is 0 Å². The average molecular weight is 630 g/mol. The molecule has 8 aromatic rings. The highest BCUT2D eigenvalue weighted by Gasteiger charge is 2.15. The topological polar surface area (TPSA) is 74.5 Å². The summed E-state index contributed by atoms with van der Waals surface area (Å²) >= 11 is 0. The van der Waals surface area contributed by atoms with Crippen LogP contribution in [0.2, 0.25) is 0 Å². The van der Waals surface area contributed by atoms with Crippen LogP contribution in [-0.4, -0.2) is 20.7 Å². The third-order valence-electron chi connectivity index (χ3n) is 8.51. The number of aromatic nitrogens is 3. The van der Waals surface area contributed by atoms with Crippen molar-refractivity contribution >= 4 is 27.9 Å². The summed E-state index contributed by atoms with van der Waals surface area (Å²) in [6.07, 6.45) is 0. The summed E-state index contributed by atoms with van der Waals surface area (Å²) < 4.78 is 0. The van der Waals surface area contributed by atoms with Crippen LogP contribution in [0, 0.1) is 5.41 Å². The van der Waals surface area contributed by atoms with E-state index in [2.05, 4.69) is 53.8 Å². The molecule has 0 amide bonds. The Balaban J connectivity index is 1.17. The van der Waals surface area contributed by atoms with Crippen LogP contribution in [0.4, 0.5) is 11.4 Å². The van der Waals surface area contributed by atoms with Crippen LogP contribution >= 0.6 is 0 Å². The minimum atomic E-state index is 0.444. The maximum atomic E-state index is 9.43. The van der Waals surface area contributed by atoms with Gasteiger partial charge in [-0.3, -0.25) is 5.41 Å². The smallest absolute Gasteiger partial charge is 0.164 e. The molecule has 0 bridgehead atoms. The standard InChI is InChI=1S/C44H31N5/c45-41(39-28-34-18-10-11-19-35(34)29-40(39)46-38-24-8-3-9-25-38)36-22-12-20-32(26-36)33-21-13-23-37(27-33)44-48-42(30-14-4-1-5-15-30)47-43(49-44)31-16-6-2-7-17-31/h1-29,45-46H. The van der Waals surface area contributed by atoms with Crippen LogP contribution in [0.1, 0.15) is 11.1 Å². The van der Waals surface area contributed by atoms with Gasteiger partial charge in [0.2, 0.25) is 0 Å². The molecule has 0 spiro atoms. The molecule has 1 aromatic heterocycles. The minimum Gasteiger partial charge on any atom is -0.355 e. The number of benzene rings is 7. The van der Waals surface area contributed by atoms with E-state index in [0.717, 1.165) is 61.1 Å². The van der Waals surface area contributed by atoms with Crippen molar-refractivity contribution in [3.05, 3.63) is 187 Å². The van der Waals surface area contributed by atoms with Gasteiger partial charge in [-0.1, -0.05) is 140 Å². The van der Waals surface area contributed by atoms with E-state index in [0.29, 0.717) is 23.2 Å². The Labute approximate surface area is 285 Å². The molecule has 0 aliphatic carbocycles. The molecule has 0 aliphatic heterocycles. The van der Waals surface area contributed by atoms with Crippen molar-refractivity contribution in [2.45, 2.75) is 0 Å². The Morgan fingerprint density at radius 1 is 0.408 bits per heavy atom. The first kappa shape index (κ1) is 29.7. The Hall–Kier alpha value is -6.72. The number of rotatable bonds is 8. The average Bonchev–Trinajstić information content (AvgIpc) is 3.18. The van der Waals surface area contributed by atoms with Crippen LogP contribution in [-0.2, 0) is 0 Å². The van der Waals surface area contributed by atoms with Crippen molar-refractivity contribution in [1.29, 1.82) is 5.41 Å². The van der Waals surface area contributed by atoms with Gasteiger partial charge in [-0.25, -0.2) is 15.0 Å². The molecule has 0 saturated heterocycles. The predicted octanol–water partition coefficient (Wildman–Crippen LogP) is 10.9. The summed E-state index contributed by atoms with van der Waals surface area (Å²) in [7, 11) is 0. The molecular weight excluding hydrogens is 599 g/mol. The Morgan fingerprint density at radius 3 is 1.51 bits per heavy atom. The van der Waals surface area contributed by atoms with Crippen molar-refractivity contribution < 1.29 is 0 Å². The minimum absolute atomic E-state index is 0.444. The van der Waals surface area contributed by atoms with Crippen molar-refractivity contribution in [3.8, 4) is 45.3 Å². The SMILES string of the molecule is N=C(c1cccc(-c2cccc(-c3nc(-c4ccccc4)nc(-c4ccccc4)n3)c2)c1)c1cc2ccccc2cc1Nc1ccccc1. The van der Waals surface area contributed by atoms with Crippen molar-refractivity contribution in [1.82, 2.24) is 15.0 Å². The molecule has 5 heteroatoms. The third-order valence-corrected chi connectivity index (χ3v) is 8.51. The lowest BCUT2D eigenvalue weighted by Crippen LogP contribution is -2.06. The molecule has 232 valence electrons. The van der Waals surface area contributed by atoms with Gasteiger partial charge in [0.1, 0.15) is 0 Å². The highest BCUT2D eigenvalue weighted by Crippen LogP contribution is 2.32. The monoisotopic (exact) mass is 629 g/mol. The number of nitrogens with zero attached hydrogens (tertiary/aromatic N) is 3. The lowest BCUT2D eigenvalue weighted by molar-refractivity contribution is 1.07. The van der Waals surface area contributed by atoms with Gasteiger partial charge in [0, 0.05) is 39.2 Å². The highest BCUT2D eigenvalue weighted by atomic mass is 15.0. The molecular formula is C44H31N5. The molecule has 0 aliphatic rings. The van der Waals surface area contributed by atoms with Gasteiger partial charge in [-0.05, 0) is 58.3 Å². The first-order valence-corrected chi connectivity index (χ1v) is 16.2. The predicted molar refractivity (Wildman–Crippen MR) is 201 cm³/mol. The molecule has 8 rings (SSSR count). The fraction of sp³-hybridized carbons (Fsp3) is 0. The fourth-order valence-electron chi connectivity index (χ4n) is 6.01. The van der Waals surface area contributed by atoms with Gasteiger partial charge < -0.3 is 5.32 Å². The Kier molecular flexibility index (Phi) is 7.98. The summed E-state index contributed by atoms with van der Waals surface area (Å²) in [6, 6.07) is 59.0. The van der Waals surface area contributed by atoms with Gasteiger partial charge in [0.15, 0.2) is 17.5 Å². The molecule has 5 nitrogen and oxygen atoms in total. The van der Waals surface area contributed by atoms with Gasteiger partial charge in [0.25, 0.3) is 0 Å². The van der Waals surface area contributed by atoms with Crippen LogP contribution in [0.3, 0.4) is 0 Å². The van der Waals surface area contributed by atoms with E-state index in [-0.39, 0.29) is 0 Å². The van der Waals surface area contributed by atoms with Crippen LogP contribution in [0.15, 0.2) is 176 Å². The zero-order chi connectivity index (χ0) is 33.0. The lowest BCUT2D eigenvalue weighted by Gasteiger charge is -2.16. The third kappa shape index (κ3) is 6.33. The van der Waals surface area contributed by atoms with Crippen molar-refractivity contribution in [2.24, 2.45) is 0 Å². The highest BCUT2D eigenvalue weighted by molar-refractivity contribution is 6.16. The van der Waals surface area contributed by atoms with Crippen molar-refractivity contribution in [3.63, 3.8) is 0 Å². The first-order valence-electron chi connectivity index (χ1n) is 16.2. The fourth-order valence-corrected chi connectivity index (χ4v) is 6.01. The van der Waals surface area contributed by atoms with Gasteiger partial charge >= 0.3 is 0 Å². The summed E-state index contributed by atoms with van der Waals surface area (Å²) in [5.74, 6) is 1.85. The summed E-state index contributed by atoms with van der Waals surface area (Å²) in [4.78, 5) is 14.7. The lowest BCUT2D eigenvalue weighted by atomic mass is 9.94. The number of hydrogen-bond donors (Lipinski definition) is 2. The maximum Gasteiger partial charge on any atom is 0.164 e. The molecule has 1 heterocycles. The largest absolute Gasteiger partial charge is 0.355 e. The van der Waals surface area contributed by atoms with E-state index < -0.39 is 0 Å². The second kappa shape index (κ2) is 13.2. The van der Waals surface area contributed by atoms with Crippen molar-refractivity contribution in [2.75, 3.05) is 5.32 Å². The second-order valence-electron chi connectivity index (χ2n) is 11.8. The van der Waals surface area contributed by atoms with Gasteiger partial charge in [-0.15, -0.1) is 0 Å². The van der Waals surface area contributed by atoms with E-state index in [1.54, 1.807) is 0 Å².